The van der Waals surface area contributed by atoms with Crippen LogP contribution in [-0.4, -0.2) is 10.5 Å². The van der Waals surface area contributed by atoms with Gasteiger partial charge in [0.25, 0.3) is 0 Å². The Hall–Kier alpha value is -0.760. The highest BCUT2D eigenvalue weighted by atomic mass is 32.1. The summed E-state index contributed by atoms with van der Waals surface area (Å²) in [5.41, 5.74) is 2.16. The largest absolute Gasteiger partial charge is 0.293 e. The van der Waals surface area contributed by atoms with Gasteiger partial charge in [0.05, 0.1) is 4.75 Å². The third kappa shape index (κ3) is 3.17. The van der Waals surface area contributed by atoms with E-state index in [1.54, 1.807) is 0 Å². The van der Waals surface area contributed by atoms with Crippen molar-refractivity contribution in [1.82, 2.24) is 0 Å². The summed E-state index contributed by atoms with van der Waals surface area (Å²) in [6, 6.07) is 8.18. The Bertz CT molecular complexity index is 408. The molecule has 1 nitrogen and oxygen atoms in total. The number of carbonyl (C=O) groups is 1. The Morgan fingerprint density at radius 2 is 1.67 bits per heavy atom. The second kappa shape index (κ2) is 5.48. The van der Waals surface area contributed by atoms with Gasteiger partial charge in [-0.2, -0.15) is 12.6 Å². The van der Waals surface area contributed by atoms with E-state index in [2.05, 4.69) is 24.8 Å². The van der Waals surface area contributed by atoms with Crippen molar-refractivity contribution in [2.75, 3.05) is 0 Å². The molecule has 0 amide bonds. The van der Waals surface area contributed by atoms with Crippen molar-refractivity contribution in [1.29, 1.82) is 0 Å². The van der Waals surface area contributed by atoms with Crippen molar-refractivity contribution in [2.45, 2.75) is 56.6 Å². The van der Waals surface area contributed by atoms with E-state index in [4.69, 9.17) is 0 Å². The predicted molar refractivity (Wildman–Crippen MR) is 79.7 cm³/mol. The zero-order chi connectivity index (χ0) is 13.2. The summed E-state index contributed by atoms with van der Waals surface area (Å²) in [5, 5.41) is 0. The SMILES string of the molecule is CC(C)(S)C(=O)c1ccc(C2CCCCC2)cc1. The highest BCUT2D eigenvalue weighted by molar-refractivity contribution is 7.82. The van der Waals surface area contributed by atoms with Crippen LogP contribution in [0.25, 0.3) is 0 Å². The Kier molecular flexibility index (Phi) is 4.16. The van der Waals surface area contributed by atoms with Gasteiger partial charge in [0.2, 0.25) is 0 Å². The van der Waals surface area contributed by atoms with Gasteiger partial charge < -0.3 is 0 Å². The molecule has 1 aromatic rings. The summed E-state index contributed by atoms with van der Waals surface area (Å²) in [6.07, 6.45) is 6.65. The molecule has 1 fully saturated rings. The lowest BCUT2D eigenvalue weighted by Gasteiger charge is -2.22. The highest BCUT2D eigenvalue weighted by Gasteiger charge is 2.24. The average Bonchev–Trinajstić information content (AvgIpc) is 2.38. The number of Topliss-reactive ketones (excluding diaryl/α,β-unsaturated/α-hetero) is 1. The van der Waals surface area contributed by atoms with E-state index < -0.39 is 4.75 Å². The van der Waals surface area contributed by atoms with Crippen LogP contribution in [0.4, 0.5) is 0 Å². The molecule has 0 aromatic heterocycles. The van der Waals surface area contributed by atoms with Gasteiger partial charge in [-0.1, -0.05) is 43.5 Å². The molecule has 0 N–H and O–H groups in total. The number of rotatable bonds is 3. The van der Waals surface area contributed by atoms with Gasteiger partial charge in [-0.05, 0) is 38.2 Å². The molecule has 1 aliphatic carbocycles. The second-order valence-corrected chi connectivity index (χ2v) is 6.96. The molecule has 0 radical (unpaired) electrons. The van der Waals surface area contributed by atoms with E-state index in [9.17, 15) is 4.79 Å². The van der Waals surface area contributed by atoms with Crippen LogP contribution < -0.4 is 0 Å². The summed E-state index contributed by atoms with van der Waals surface area (Å²) >= 11 is 4.34. The molecule has 98 valence electrons. The summed E-state index contributed by atoms with van der Waals surface area (Å²) in [4.78, 5) is 12.1. The number of benzene rings is 1. The minimum absolute atomic E-state index is 0.0982. The Morgan fingerprint density at radius 1 is 1.11 bits per heavy atom. The molecule has 1 aliphatic rings. The van der Waals surface area contributed by atoms with Crippen LogP contribution in [0, 0.1) is 0 Å². The molecule has 0 bridgehead atoms. The normalized spacial score (nSPS) is 17.7. The summed E-state index contributed by atoms with van der Waals surface area (Å²) in [5.74, 6) is 0.799. The van der Waals surface area contributed by atoms with E-state index in [1.165, 1.54) is 37.7 Å². The zero-order valence-electron chi connectivity index (χ0n) is 11.3. The van der Waals surface area contributed by atoms with Gasteiger partial charge in [-0.3, -0.25) is 4.79 Å². The van der Waals surface area contributed by atoms with E-state index in [-0.39, 0.29) is 5.78 Å². The fraction of sp³-hybridized carbons (Fsp3) is 0.562. The molecular formula is C16H22OS. The van der Waals surface area contributed by atoms with Crippen molar-refractivity contribution >= 4 is 18.4 Å². The van der Waals surface area contributed by atoms with Gasteiger partial charge in [0.1, 0.15) is 0 Å². The van der Waals surface area contributed by atoms with E-state index >= 15 is 0 Å². The lowest BCUT2D eigenvalue weighted by atomic mass is 9.83. The predicted octanol–water partition coefficient (Wildman–Crippen LogP) is 4.63. The molecule has 2 heteroatoms. The number of carbonyl (C=O) groups excluding carboxylic acids is 1. The summed E-state index contributed by atoms with van der Waals surface area (Å²) in [6.45, 7) is 3.68. The maximum atomic E-state index is 12.1. The van der Waals surface area contributed by atoms with Crippen molar-refractivity contribution in [3.63, 3.8) is 0 Å². The van der Waals surface area contributed by atoms with Crippen molar-refractivity contribution in [2.24, 2.45) is 0 Å². The van der Waals surface area contributed by atoms with Gasteiger partial charge >= 0.3 is 0 Å². The lowest BCUT2D eigenvalue weighted by Crippen LogP contribution is -2.24. The smallest absolute Gasteiger partial charge is 0.178 e. The molecule has 0 aliphatic heterocycles. The first-order valence-corrected chi connectivity index (χ1v) is 7.30. The van der Waals surface area contributed by atoms with Crippen molar-refractivity contribution in [3.05, 3.63) is 35.4 Å². The molecule has 18 heavy (non-hydrogen) atoms. The van der Waals surface area contributed by atoms with Crippen LogP contribution in [0.15, 0.2) is 24.3 Å². The molecule has 1 aromatic carbocycles. The Labute approximate surface area is 115 Å². The summed E-state index contributed by atoms with van der Waals surface area (Å²) < 4.78 is -0.591. The fourth-order valence-corrected chi connectivity index (χ4v) is 2.82. The van der Waals surface area contributed by atoms with Gasteiger partial charge in [-0.15, -0.1) is 0 Å². The second-order valence-electron chi connectivity index (χ2n) is 5.85. The molecule has 2 rings (SSSR count). The fourth-order valence-electron chi connectivity index (χ4n) is 2.70. The summed E-state index contributed by atoms with van der Waals surface area (Å²) in [7, 11) is 0. The molecule has 0 heterocycles. The number of ketones is 1. The van der Waals surface area contributed by atoms with E-state index in [0.717, 1.165) is 5.56 Å². The van der Waals surface area contributed by atoms with Crippen LogP contribution in [0.2, 0.25) is 0 Å². The first-order chi connectivity index (χ1) is 8.48. The monoisotopic (exact) mass is 262 g/mol. The van der Waals surface area contributed by atoms with Crippen LogP contribution in [0.5, 0.6) is 0 Å². The molecular weight excluding hydrogens is 240 g/mol. The number of hydrogen-bond donors (Lipinski definition) is 1. The van der Waals surface area contributed by atoms with E-state index in [0.29, 0.717) is 5.92 Å². The number of thiol groups is 1. The lowest BCUT2D eigenvalue weighted by molar-refractivity contribution is 0.0959. The minimum Gasteiger partial charge on any atom is -0.293 e. The van der Waals surface area contributed by atoms with E-state index in [1.807, 2.05) is 26.0 Å². The zero-order valence-corrected chi connectivity index (χ0v) is 12.2. The third-order valence-electron chi connectivity index (χ3n) is 3.81. The highest BCUT2D eigenvalue weighted by Crippen LogP contribution is 2.32. The standard InChI is InChI=1S/C16H22OS/c1-16(2,18)15(17)14-10-8-13(9-11-14)12-6-4-3-5-7-12/h8-12,18H,3-7H2,1-2H3. The van der Waals surface area contributed by atoms with Crippen LogP contribution in [0.3, 0.4) is 0 Å². The first kappa shape index (κ1) is 13.7. The molecule has 0 spiro atoms. The van der Waals surface area contributed by atoms with Gasteiger partial charge in [0.15, 0.2) is 5.78 Å². The van der Waals surface area contributed by atoms with Crippen molar-refractivity contribution in [3.8, 4) is 0 Å². The van der Waals surface area contributed by atoms with Crippen LogP contribution >= 0.6 is 12.6 Å². The molecule has 0 saturated heterocycles. The maximum absolute atomic E-state index is 12.1. The first-order valence-electron chi connectivity index (χ1n) is 6.85. The quantitative estimate of drug-likeness (QED) is 0.621. The van der Waals surface area contributed by atoms with Crippen LogP contribution in [-0.2, 0) is 0 Å². The Morgan fingerprint density at radius 3 is 2.17 bits per heavy atom. The molecule has 1 saturated carbocycles. The maximum Gasteiger partial charge on any atom is 0.178 e. The van der Waals surface area contributed by atoms with Gasteiger partial charge in [0, 0.05) is 5.56 Å². The topological polar surface area (TPSA) is 17.1 Å². The average molecular weight is 262 g/mol. The van der Waals surface area contributed by atoms with Crippen molar-refractivity contribution < 1.29 is 4.79 Å². The van der Waals surface area contributed by atoms with Gasteiger partial charge in [-0.25, -0.2) is 0 Å². The number of hydrogen-bond acceptors (Lipinski definition) is 2. The molecule has 0 unspecified atom stereocenters. The minimum atomic E-state index is -0.591. The molecule has 0 atom stereocenters. The Balaban J connectivity index is 2.12. The van der Waals surface area contributed by atoms with Crippen LogP contribution in [0.1, 0.15) is 67.8 Å². The third-order valence-corrected chi connectivity index (χ3v) is 4.01.